The van der Waals surface area contributed by atoms with Crippen LogP contribution in [0, 0.1) is 19.8 Å². The molecule has 260 valence electrons. The van der Waals surface area contributed by atoms with Crippen molar-refractivity contribution >= 4 is 38.9 Å². The summed E-state index contributed by atoms with van der Waals surface area (Å²) in [6, 6.07) is 18.5. The van der Waals surface area contributed by atoms with Crippen LogP contribution in [0.1, 0.15) is 51.6 Å². The third-order valence-electron chi connectivity index (χ3n) is 8.52. The Hall–Kier alpha value is -4.92. The smallest absolute Gasteiger partial charge is 0.267 e. The van der Waals surface area contributed by atoms with Gasteiger partial charge in [0, 0.05) is 36.8 Å². The van der Waals surface area contributed by atoms with Gasteiger partial charge >= 0.3 is 0 Å². The quantitative estimate of drug-likeness (QED) is 0.166. The predicted molar refractivity (Wildman–Crippen MR) is 186 cm³/mol. The maximum atomic E-state index is 13.8. The van der Waals surface area contributed by atoms with Crippen molar-refractivity contribution in [2.45, 2.75) is 51.3 Å². The Balaban J connectivity index is 1.33. The highest BCUT2D eigenvalue weighted by Crippen LogP contribution is 2.32. The van der Waals surface area contributed by atoms with E-state index in [0.717, 1.165) is 5.56 Å². The number of hydrogen-bond acceptors (Lipinski definition) is 10. The largest absolute Gasteiger partial charge is 0.488 e. The summed E-state index contributed by atoms with van der Waals surface area (Å²) in [5, 5.41) is 16.6. The number of nitrogens with two attached hydrogens (primary N) is 1. The zero-order valence-corrected chi connectivity index (χ0v) is 29.0. The van der Waals surface area contributed by atoms with Crippen LogP contribution in [0.3, 0.4) is 0 Å². The van der Waals surface area contributed by atoms with Gasteiger partial charge in [-0.05, 0) is 75.8 Å². The fourth-order valence-electron chi connectivity index (χ4n) is 5.82. The number of anilines is 3. The summed E-state index contributed by atoms with van der Waals surface area (Å²) >= 11 is 0. The summed E-state index contributed by atoms with van der Waals surface area (Å²) in [7, 11) is -2.10. The molecule has 13 nitrogen and oxygen atoms in total. The second kappa shape index (κ2) is 14.7. The number of aliphatic hydroxyl groups excluding tert-OH is 1. The molecule has 0 bridgehead atoms. The molecule has 1 aromatic heterocycles. The average Bonchev–Trinajstić information content (AvgIpc) is 3.42. The minimum Gasteiger partial charge on any atom is -0.488 e. The number of carbonyl (C=O) groups excluding carboxylic acids is 2. The Bertz CT molecular complexity index is 1910. The van der Waals surface area contributed by atoms with Crippen LogP contribution >= 0.6 is 0 Å². The monoisotopic (exact) mass is 690 g/mol. The first kappa shape index (κ1) is 35.4. The van der Waals surface area contributed by atoms with E-state index in [0.29, 0.717) is 42.3 Å². The normalized spacial score (nSPS) is 17.1. The second-order valence-electron chi connectivity index (χ2n) is 12.5. The number of fused-ring (bicyclic) bond motifs is 1. The average molecular weight is 691 g/mol. The van der Waals surface area contributed by atoms with Gasteiger partial charge in [-0.25, -0.2) is 8.42 Å². The lowest BCUT2D eigenvalue weighted by Crippen LogP contribution is -2.49. The summed E-state index contributed by atoms with van der Waals surface area (Å²) in [5.41, 5.74) is 9.03. The number of benzene rings is 3. The summed E-state index contributed by atoms with van der Waals surface area (Å²) in [6.45, 7) is 7.91. The molecule has 0 radical (unpaired) electrons. The number of aliphatic hydroxyl groups is 1. The van der Waals surface area contributed by atoms with E-state index in [1.54, 1.807) is 60.4 Å². The molecule has 1 aliphatic heterocycles. The number of nitrogens with zero attached hydrogens (tertiary/aromatic N) is 3. The van der Waals surface area contributed by atoms with Crippen LogP contribution in [0.4, 0.5) is 17.1 Å². The first-order valence-corrected chi connectivity index (χ1v) is 17.4. The van der Waals surface area contributed by atoms with Gasteiger partial charge < -0.3 is 30.3 Å². The van der Waals surface area contributed by atoms with Gasteiger partial charge in [0.1, 0.15) is 17.5 Å². The van der Waals surface area contributed by atoms with Gasteiger partial charge in [0.25, 0.3) is 21.8 Å². The highest BCUT2D eigenvalue weighted by atomic mass is 32.2. The third kappa shape index (κ3) is 8.04. The SMILES string of the molecule is Cc1noc(C)c1S(=O)(=O)Nc1ccc2c(c1)C(=O)N([C@@H](C)CO)C[C@@H](C)[C@H](CN(C)Cc1ccc(C(=O)Nc3ccccc3N)cc1)O2. The van der Waals surface area contributed by atoms with Crippen molar-refractivity contribution in [1.29, 1.82) is 0 Å². The van der Waals surface area contributed by atoms with Crippen molar-refractivity contribution in [3.63, 3.8) is 0 Å². The molecule has 2 heterocycles. The maximum absolute atomic E-state index is 13.8. The second-order valence-corrected chi connectivity index (χ2v) is 14.1. The number of carbonyl (C=O) groups is 2. The zero-order chi connectivity index (χ0) is 35.5. The van der Waals surface area contributed by atoms with Gasteiger partial charge in [-0.1, -0.05) is 36.3 Å². The van der Waals surface area contributed by atoms with E-state index >= 15 is 0 Å². The van der Waals surface area contributed by atoms with E-state index < -0.39 is 16.1 Å². The number of sulfonamides is 1. The molecule has 49 heavy (non-hydrogen) atoms. The third-order valence-corrected chi connectivity index (χ3v) is 10.1. The number of hydrogen-bond donors (Lipinski definition) is 4. The summed E-state index contributed by atoms with van der Waals surface area (Å²) < 4.78 is 40.5. The van der Waals surface area contributed by atoms with Gasteiger partial charge in [0.2, 0.25) is 0 Å². The molecule has 3 atom stereocenters. The first-order valence-electron chi connectivity index (χ1n) is 15.9. The Morgan fingerprint density at radius 3 is 2.51 bits per heavy atom. The Morgan fingerprint density at radius 1 is 1.14 bits per heavy atom. The van der Waals surface area contributed by atoms with E-state index in [9.17, 15) is 23.1 Å². The molecule has 14 heteroatoms. The number of likely N-dealkylation sites (N-methyl/N-ethyl adjacent to an activating group) is 1. The predicted octanol–water partition coefficient (Wildman–Crippen LogP) is 4.28. The minimum atomic E-state index is -4.06. The lowest BCUT2D eigenvalue weighted by molar-refractivity contribution is 0.0341. The summed E-state index contributed by atoms with van der Waals surface area (Å²) in [4.78, 5) is 30.2. The molecular formula is C35H42N6O7S. The Labute approximate surface area is 286 Å². The number of para-hydroxylation sites is 2. The summed E-state index contributed by atoms with van der Waals surface area (Å²) in [6.07, 6.45) is -0.364. The van der Waals surface area contributed by atoms with Crippen molar-refractivity contribution in [3.05, 3.63) is 94.9 Å². The number of rotatable bonds is 11. The van der Waals surface area contributed by atoms with Crippen LogP contribution in [0.2, 0.25) is 0 Å². The lowest BCUT2D eigenvalue weighted by Gasteiger charge is -2.38. The molecule has 5 N–H and O–H groups in total. The molecule has 0 saturated heterocycles. The van der Waals surface area contributed by atoms with Crippen molar-refractivity contribution in [2.24, 2.45) is 5.92 Å². The fourth-order valence-corrected chi connectivity index (χ4v) is 7.20. The molecule has 0 fully saturated rings. The maximum Gasteiger partial charge on any atom is 0.267 e. The van der Waals surface area contributed by atoms with Gasteiger partial charge in [-0.15, -0.1) is 0 Å². The van der Waals surface area contributed by atoms with Crippen LogP contribution in [0.5, 0.6) is 5.75 Å². The van der Waals surface area contributed by atoms with E-state index in [1.807, 2.05) is 26.1 Å². The van der Waals surface area contributed by atoms with Crippen molar-refractivity contribution in [3.8, 4) is 5.75 Å². The number of amides is 2. The van der Waals surface area contributed by atoms with Crippen molar-refractivity contribution in [1.82, 2.24) is 15.0 Å². The Morgan fingerprint density at radius 2 is 1.86 bits per heavy atom. The molecule has 2 amide bonds. The topological polar surface area (TPSA) is 180 Å². The van der Waals surface area contributed by atoms with E-state index in [1.165, 1.54) is 19.9 Å². The number of nitrogens with one attached hydrogen (secondary N) is 2. The summed E-state index contributed by atoms with van der Waals surface area (Å²) in [5.74, 6) is -0.311. The standard InChI is InChI=1S/C35H42N6O7S/c1-21-17-41(22(2)20-42)35(44)28-16-27(39-49(45,46)33-23(3)38-48-24(33)4)14-15-31(28)47-32(21)19-40(5)18-25-10-12-26(13-11-25)34(43)37-30-9-7-6-8-29(30)36/h6-16,21-22,32,39,42H,17-20,36H2,1-5H3,(H,37,43)/t21-,22+,32+/m1/s1. The van der Waals surface area contributed by atoms with Crippen LogP contribution in [-0.2, 0) is 16.6 Å². The lowest BCUT2D eigenvalue weighted by atomic mass is 9.99. The zero-order valence-electron chi connectivity index (χ0n) is 28.1. The van der Waals surface area contributed by atoms with E-state index in [-0.39, 0.29) is 58.0 Å². The highest BCUT2D eigenvalue weighted by molar-refractivity contribution is 7.92. The molecule has 4 aromatic rings. The van der Waals surface area contributed by atoms with Gasteiger partial charge in [0.05, 0.1) is 29.6 Å². The van der Waals surface area contributed by atoms with E-state index in [2.05, 4.69) is 20.1 Å². The molecule has 3 aromatic carbocycles. The Kier molecular flexibility index (Phi) is 10.6. The molecule has 1 aliphatic rings. The molecule has 0 spiro atoms. The first-order chi connectivity index (χ1) is 23.3. The van der Waals surface area contributed by atoms with Crippen LogP contribution < -0.4 is 20.5 Å². The molecule has 5 rings (SSSR count). The molecule has 0 unspecified atom stereocenters. The van der Waals surface area contributed by atoms with Crippen LogP contribution in [0.25, 0.3) is 0 Å². The van der Waals surface area contributed by atoms with Crippen LogP contribution in [0.15, 0.2) is 76.1 Å². The molecular weight excluding hydrogens is 648 g/mol. The number of ether oxygens (including phenoxy) is 1. The minimum absolute atomic E-state index is 0.0652. The molecule has 0 saturated carbocycles. The van der Waals surface area contributed by atoms with Gasteiger partial charge in [0.15, 0.2) is 10.7 Å². The highest BCUT2D eigenvalue weighted by Gasteiger charge is 2.34. The fraction of sp³-hybridized carbons (Fsp3) is 0.343. The van der Waals surface area contributed by atoms with E-state index in [4.69, 9.17) is 15.0 Å². The number of nitrogen functional groups attached to an aromatic ring is 1. The van der Waals surface area contributed by atoms with Crippen LogP contribution in [-0.4, -0.2) is 79.2 Å². The number of aryl methyl sites for hydroxylation is 2. The van der Waals surface area contributed by atoms with Crippen molar-refractivity contribution < 1.29 is 32.4 Å². The molecule has 0 aliphatic carbocycles. The van der Waals surface area contributed by atoms with Gasteiger partial charge in [-0.2, -0.15) is 0 Å². The number of aromatic nitrogens is 1. The van der Waals surface area contributed by atoms with Gasteiger partial charge in [-0.3, -0.25) is 19.2 Å². The van der Waals surface area contributed by atoms with Crippen molar-refractivity contribution in [2.75, 3.05) is 42.5 Å².